The van der Waals surface area contributed by atoms with Crippen molar-refractivity contribution in [3.63, 3.8) is 0 Å². The van der Waals surface area contributed by atoms with Crippen molar-refractivity contribution in [2.75, 3.05) is 12.3 Å². The zero-order valence-electron chi connectivity index (χ0n) is 10.8. The summed E-state index contributed by atoms with van der Waals surface area (Å²) in [7, 11) is 0. The molecule has 3 nitrogen and oxygen atoms in total. The lowest BCUT2D eigenvalue weighted by Gasteiger charge is -2.31. The van der Waals surface area contributed by atoms with Gasteiger partial charge in [0.15, 0.2) is 0 Å². The summed E-state index contributed by atoms with van der Waals surface area (Å²) in [6.45, 7) is 9.62. The van der Waals surface area contributed by atoms with Crippen LogP contribution in [-0.2, 0) is 4.79 Å². The maximum Gasteiger partial charge on any atom is 0.230 e. The molecule has 94 valence electrons. The van der Waals surface area contributed by atoms with Crippen molar-refractivity contribution < 1.29 is 4.79 Å². The molecule has 1 fully saturated rings. The molecule has 0 saturated carbocycles. The third-order valence-corrected chi connectivity index (χ3v) is 4.02. The van der Waals surface area contributed by atoms with E-state index in [2.05, 4.69) is 38.3 Å². The quantitative estimate of drug-likeness (QED) is 0.795. The molecule has 1 aliphatic heterocycles. The van der Waals surface area contributed by atoms with Gasteiger partial charge in [-0.2, -0.15) is 0 Å². The predicted molar refractivity (Wildman–Crippen MR) is 70.8 cm³/mol. The van der Waals surface area contributed by atoms with Gasteiger partial charge in [-0.05, 0) is 26.3 Å². The van der Waals surface area contributed by atoms with Gasteiger partial charge in [0, 0.05) is 16.8 Å². The highest BCUT2D eigenvalue weighted by Crippen LogP contribution is 2.22. The molecule has 0 spiro atoms. The van der Waals surface area contributed by atoms with Crippen LogP contribution in [0.3, 0.4) is 0 Å². The molecule has 0 bridgehead atoms. The molecular weight excluding hydrogens is 220 g/mol. The summed E-state index contributed by atoms with van der Waals surface area (Å²) in [5, 5.41) is 6.51. The summed E-state index contributed by atoms with van der Waals surface area (Å²) >= 11 is 1.70. The number of hydrogen-bond acceptors (Lipinski definition) is 3. The van der Waals surface area contributed by atoms with Gasteiger partial charge >= 0.3 is 0 Å². The summed E-state index contributed by atoms with van der Waals surface area (Å²) in [6, 6.07) is 0.708. The lowest BCUT2D eigenvalue weighted by molar-refractivity contribution is -0.119. The lowest BCUT2D eigenvalue weighted by atomic mass is 10.00. The Kier molecular flexibility index (Phi) is 5.12. The Labute approximate surface area is 103 Å². The van der Waals surface area contributed by atoms with Crippen LogP contribution in [0.25, 0.3) is 0 Å². The first-order valence-electron chi connectivity index (χ1n) is 6.05. The summed E-state index contributed by atoms with van der Waals surface area (Å²) in [5.74, 6) is 0.729. The standard InChI is InChI=1S/C12H24N2OS/c1-9-10(6-5-7-13-9)14-11(15)8-16-12(2,3)4/h9-10,13H,5-8H2,1-4H3,(H,14,15). The molecule has 0 aromatic carbocycles. The summed E-state index contributed by atoms with van der Waals surface area (Å²) < 4.78 is 0.160. The fourth-order valence-electron chi connectivity index (χ4n) is 1.77. The van der Waals surface area contributed by atoms with Gasteiger partial charge in [-0.25, -0.2) is 0 Å². The first kappa shape index (κ1) is 13.8. The van der Waals surface area contributed by atoms with E-state index in [0.717, 1.165) is 19.4 Å². The Hall–Kier alpha value is -0.220. The molecule has 0 aliphatic carbocycles. The minimum Gasteiger partial charge on any atom is -0.351 e. The Morgan fingerprint density at radius 3 is 2.75 bits per heavy atom. The molecule has 2 N–H and O–H groups in total. The molecule has 1 rings (SSSR count). The SMILES string of the molecule is CC1NCCCC1NC(=O)CSC(C)(C)C. The zero-order valence-corrected chi connectivity index (χ0v) is 11.6. The van der Waals surface area contributed by atoms with E-state index in [1.165, 1.54) is 0 Å². The van der Waals surface area contributed by atoms with Crippen LogP contribution < -0.4 is 10.6 Å². The second-order valence-electron chi connectivity index (χ2n) is 5.46. The molecule has 1 saturated heterocycles. The minimum absolute atomic E-state index is 0.160. The molecule has 1 aliphatic rings. The van der Waals surface area contributed by atoms with Crippen LogP contribution in [0.15, 0.2) is 0 Å². The number of thioether (sulfide) groups is 1. The predicted octanol–water partition coefficient (Wildman–Crippen LogP) is 1.77. The van der Waals surface area contributed by atoms with Crippen LogP contribution >= 0.6 is 11.8 Å². The van der Waals surface area contributed by atoms with Crippen LogP contribution in [0, 0.1) is 0 Å². The Morgan fingerprint density at radius 1 is 1.50 bits per heavy atom. The smallest absolute Gasteiger partial charge is 0.230 e. The van der Waals surface area contributed by atoms with Gasteiger partial charge in [-0.3, -0.25) is 4.79 Å². The first-order chi connectivity index (χ1) is 7.38. The molecular formula is C12H24N2OS. The van der Waals surface area contributed by atoms with E-state index < -0.39 is 0 Å². The molecule has 16 heavy (non-hydrogen) atoms. The van der Waals surface area contributed by atoms with Crippen LogP contribution in [-0.4, -0.2) is 35.0 Å². The van der Waals surface area contributed by atoms with E-state index in [1.54, 1.807) is 11.8 Å². The minimum atomic E-state index is 0.160. The van der Waals surface area contributed by atoms with Gasteiger partial charge in [0.25, 0.3) is 0 Å². The largest absolute Gasteiger partial charge is 0.351 e. The Morgan fingerprint density at radius 2 is 2.19 bits per heavy atom. The number of carbonyl (C=O) groups is 1. The molecule has 0 aromatic heterocycles. The number of piperidine rings is 1. The Bertz CT molecular complexity index is 238. The molecule has 2 atom stereocenters. The van der Waals surface area contributed by atoms with Gasteiger partial charge in [0.1, 0.15) is 0 Å². The van der Waals surface area contributed by atoms with Crippen LogP contribution in [0.5, 0.6) is 0 Å². The van der Waals surface area contributed by atoms with Crippen LogP contribution in [0.1, 0.15) is 40.5 Å². The average molecular weight is 244 g/mol. The monoisotopic (exact) mass is 244 g/mol. The van der Waals surface area contributed by atoms with Gasteiger partial charge in [0.2, 0.25) is 5.91 Å². The van der Waals surface area contributed by atoms with Gasteiger partial charge in [0.05, 0.1) is 5.75 Å². The lowest BCUT2D eigenvalue weighted by Crippen LogP contribution is -2.52. The fourth-order valence-corrected chi connectivity index (χ4v) is 2.42. The van der Waals surface area contributed by atoms with E-state index in [1.807, 2.05) is 0 Å². The maximum absolute atomic E-state index is 11.7. The fraction of sp³-hybridized carbons (Fsp3) is 0.917. The number of nitrogens with one attached hydrogen (secondary N) is 2. The molecule has 1 amide bonds. The van der Waals surface area contributed by atoms with Gasteiger partial charge in [-0.1, -0.05) is 20.8 Å². The van der Waals surface area contributed by atoms with Crippen molar-refractivity contribution in [2.45, 2.75) is 57.4 Å². The average Bonchev–Trinajstić information content (AvgIpc) is 2.18. The van der Waals surface area contributed by atoms with Gasteiger partial charge < -0.3 is 10.6 Å². The summed E-state index contributed by atoms with van der Waals surface area (Å²) in [5.41, 5.74) is 0. The van der Waals surface area contributed by atoms with Crippen molar-refractivity contribution in [1.82, 2.24) is 10.6 Å². The van der Waals surface area contributed by atoms with Crippen LogP contribution in [0.4, 0.5) is 0 Å². The molecule has 0 aromatic rings. The van der Waals surface area contributed by atoms with Gasteiger partial charge in [-0.15, -0.1) is 11.8 Å². The second kappa shape index (κ2) is 5.92. The third-order valence-electron chi connectivity index (χ3n) is 2.74. The highest BCUT2D eigenvalue weighted by molar-refractivity contribution is 8.01. The normalized spacial score (nSPS) is 26.5. The van der Waals surface area contributed by atoms with Crippen molar-refractivity contribution in [1.29, 1.82) is 0 Å². The number of carbonyl (C=O) groups excluding carboxylic acids is 1. The van der Waals surface area contributed by atoms with E-state index in [9.17, 15) is 4.79 Å². The van der Waals surface area contributed by atoms with Crippen molar-refractivity contribution >= 4 is 17.7 Å². The summed E-state index contributed by atoms with van der Waals surface area (Å²) in [6.07, 6.45) is 2.25. The maximum atomic E-state index is 11.7. The van der Waals surface area contributed by atoms with Crippen molar-refractivity contribution in [2.24, 2.45) is 0 Å². The third kappa shape index (κ3) is 5.21. The van der Waals surface area contributed by atoms with Crippen molar-refractivity contribution in [3.05, 3.63) is 0 Å². The van der Waals surface area contributed by atoms with Crippen molar-refractivity contribution in [3.8, 4) is 0 Å². The highest BCUT2D eigenvalue weighted by atomic mass is 32.2. The Balaban J connectivity index is 2.28. The van der Waals surface area contributed by atoms with E-state index in [-0.39, 0.29) is 10.7 Å². The van der Waals surface area contributed by atoms with E-state index >= 15 is 0 Å². The highest BCUT2D eigenvalue weighted by Gasteiger charge is 2.22. The number of hydrogen-bond donors (Lipinski definition) is 2. The van der Waals surface area contributed by atoms with E-state index in [4.69, 9.17) is 0 Å². The first-order valence-corrected chi connectivity index (χ1v) is 7.04. The zero-order chi connectivity index (χ0) is 12.2. The molecule has 0 radical (unpaired) electrons. The molecule has 4 heteroatoms. The van der Waals surface area contributed by atoms with E-state index in [0.29, 0.717) is 17.8 Å². The molecule has 2 unspecified atom stereocenters. The van der Waals surface area contributed by atoms with Crippen LogP contribution in [0.2, 0.25) is 0 Å². The molecule has 1 heterocycles. The number of rotatable bonds is 3. The second-order valence-corrected chi connectivity index (χ2v) is 7.26. The number of amides is 1. The summed E-state index contributed by atoms with van der Waals surface area (Å²) in [4.78, 5) is 11.7. The topological polar surface area (TPSA) is 41.1 Å².